The number of carboxylic acid groups (broad SMARTS) is 2. The number of carbonyl (C=O) groups is 2. The van der Waals surface area contributed by atoms with Gasteiger partial charge in [-0.25, -0.2) is 0 Å². The van der Waals surface area contributed by atoms with E-state index >= 15 is 0 Å². The van der Waals surface area contributed by atoms with E-state index in [-0.39, 0.29) is 39.7 Å². The summed E-state index contributed by atoms with van der Waals surface area (Å²) in [6.07, 6.45) is -7.78. The Labute approximate surface area is 285 Å². The molecule has 14 nitrogen and oxygen atoms in total. The van der Waals surface area contributed by atoms with Crippen LogP contribution in [0.2, 0.25) is 0 Å². The van der Waals surface area contributed by atoms with Gasteiger partial charge in [0.2, 0.25) is 0 Å². The fourth-order valence-corrected chi connectivity index (χ4v) is 9.83. The van der Waals surface area contributed by atoms with Gasteiger partial charge in [0, 0.05) is 11.8 Å². The molecule has 15 heteroatoms. The molecule has 4 aliphatic rings. The van der Waals surface area contributed by atoms with Crippen LogP contribution in [0.3, 0.4) is 0 Å². The third kappa shape index (κ3) is 6.10. The molecule has 0 aromatic heterocycles. The Morgan fingerprint density at radius 3 is 1.11 bits per heavy atom. The van der Waals surface area contributed by atoms with Crippen LogP contribution in [0.1, 0.15) is 80.1 Å². The Hall–Kier alpha value is -0.941. The van der Waals surface area contributed by atoms with Gasteiger partial charge in [0.1, 0.15) is 47.8 Å². The van der Waals surface area contributed by atoms with E-state index in [0.717, 1.165) is 12.8 Å². The number of aliphatic hydroxyl groups excluding tert-OH is 8. The topological polar surface area (TPSA) is 283 Å². The predicted octanol–water partition coefficient (Wildman–Crippen LogP) is -3.99. The summed E-state index contributed by atoms with van der Waals surface area (Å²) >= 11 is 0. The van der Waals surface area contributed by atoms with Crippen LogP contribution in [0.25, 0.3) is 0 Å². The van der Waals surface area contributed by atoms with E-state index in [0.29, 0.717) is 25.7 Å². The van der Waals surface area contributed by atoms with E-state index < -0.39 is 95.6 Å². The SMILES string of the molecule is CC1(C)C2CCC1(C)C([C@](O)(C(=O)[O-])[C@@H](O)[C@H](O)[C@H](O)CO)C2.CC1(C)C2CCC1(C)C([C@](O)(C(=O)[O-])[C@@H](O)[C@H](O)[C@H](O)CO)C2.[Mn+2]. The van der Waals surface area contributed by atoms with E-state index in [1.807, 2.05) is 41.5 Å². The first-order valence-corrected chi connectivity index (χ1v) is 16.1. The maximum atomic E-state index is 11.7. The average molecular weight is 718 g/mol. The van der Waals surface area contributed by atoms with Crippen LogP contribution in [-0.4, -0.2) is 124 Å². The van der Waals surface area contributed by atoms with Crippen LogP contribution in [0.15, 0.2) is 0 Å². The van der Waals surface area contributed by atoms with Crippen molar-refractivity contribution in [3.8, 4) is 0 Å². The molecule has 0 saturated heterocycles. The summed E-state index contributed by atoms with van der Waals surface area (Å²) in [7, 11) is 0. The summed E-state index contributed by atoms with van der Waals surface area (Å²) in [6, 6.07) is 0. The van der Waals surface area contributed by atoms with Crippen molar-refractivity contribution in [1.29, 1.82) is 0 Å². The third-order valence-electron chi connectivity index (χ3n) is 14.0. The van der Waals surface area contributed by atoms with Crippen LogP contribution < -0.4 is 10.2 Å². The second kappa shape index (κ2) is 14.0. The maximum Gasteiger partial charge on any atom is 2.00 e. The first kappa shape index (κ1) is 42.2. The molecule has 0 aromatic carbocycles. The van der Waals surface area contributed by atoms with Gasteiger partial charge in [-0.05, 0) is 72.0 Å². The largest absolute Gasteiger partial charge is 2.00 e. The number of aliphatic carboxylic acids is 2. The van der Waals surface area contributed by atoms with E-state index in [2.05, 4.69) is 0 Å². The van der Waals surface area contributed by atoms with Gasteiger partial charge in [-0.15, -0.1) is 0 Å². The smallest absolute Gasteiger partial charge is 0.547 e. The van der Waals surface area contributed by atoms with E-state index in [1.54, 1.807) is 0 Å². The van der Waals surface area contributed by atoms with Crippen LogP contribution in [0.5, 0.6) is 0 Å². The quantitative estimate of drug-likeness (QED) is 0.0862. The van der Waals surface area contributed by atoms with Crippen LogP contribution in [0.4, 0.5) is 0 Å². The normalized spacial score (nSPS) is 38.0. The number of rotatable bonds is 12. The Morgan fingerprint density at radius 1 is 0.660 bits per heavy atom. The Kier molecular flexibility index (Phi) is 12.6. The van der Waals surface area contributed by atoms with Crippen molar-refractivity contribution in [3.05, 3.63) is 0 Å². The summed E-state index contributed by atoms with van der Waals surface area (Å²) in [6.45, 7) is 10.1. The molecule has 4 aliphatic carbocycles. The first-order valence-electron chi connectivity index (χ1n) is 16.1. The van der Waals surface area contributed by atoms with Crippen LogP contribution in [0, 0.1) is 45.3 Å². The first-order chi connectivity index (χ1) is 20.9. The minimum absolute atomic E-state index is 0. The van der Waals surface area contributed by atoms with Gasteiger partial charge in [-0.1, -0.05) is 41.5 Å². The van der Waals surface area contributed by atoms with E-state index in [4.69, 9.17) is 10.2 Å². The Bertz CT molecular complexity index is 1050. The summed E-state index contributed by atoms with van der Waals surface area (Å²) in [4.78, 5) is 23.4. The zero-order valence-corrected chi connectivity index (χ0v) is 29.1. The van der Waals surface area contributed by atoms with Crippen molar-refractivity contribution < 1.29 is 87.9 Å². The van der Waals surface area contributed by atoms with Gasteiger partial charge in [0.25, 0.3) is 0 Å². The van der Waals surface area contributed by atoms with Crippen molar-refractivity contribution in [2.75, 3.05) is 13.2 Å². The number of aliphatic hydroxyl groups is 10. The van der Waals surface area contributed by atoms with Gasteiger partial charge < -0.3 is 70.9 Å². The molecule has 4 saturated carbocycles. The number of carboxylic acids is 2. The zero-order valence-electron chi connectivity index (χ0n) is 27.9. The molecule has 0 amide bonds. The number of fused-ring (bicyclic) bond motifs is 4. The second-order valence-corrected chi connectivity index (χ2v) is 15.9. The molecule has 0 spiro atoms. The van der Waals surface area contributed by atoms with Crippen molar-refractivity contribution in [2.45, 2.75) is 128 Å². The molecule has 14 atom stereocenters. The average Bonchev–Trinajstić information content (AvgIpc) is 3.54. The van der Waals surface area contributed by atoms with Gasteiger partial charge in [-0.2, -0.15) is 0 Å². The van der Waals surface area contributed by atoms with Crippen LogP contribution in [-0.2, 0) is 26.7 Å². The molecule has 0 aliphatic heterocycles. The third-order valence-corrected chi connectivity index (χ3v) is 14.0. The summed E-state index contributed by atoms with van der Waals surface area (Å²) in [5, 5.41) is 122. The molecule has 0 aromatic rings. The molecule has 6 unspecified atom stereocenters. The molecule has 4 fully saturated rings. The predicted molar refractivity (Wildman–Crippen MR) is 156 cm³/mol. The molecule has 47 heavy (non-hydrogen) atoms. The van der Waals surface area contributed by atoms with Crippen molar-refractivity contribution >= 4 is 11.9 Å². The molecular formula is C32H54MnO14. The van der Waals surface area contributed by atoms with Gasteiger partial charge in [0.05, 0.1) is 25.2 Å². The fraction of sp³-hybridized carbons (Fsp3) is 0.938. The minimum atomic E-state index is -2.70. The minimum Gasteiger partial charge on any atom is -0.547 e. The van der Waals surface area contributed by atoms with Gasteiger partial charge >= 0.3 is 17.1 Å². The van der Waals surface area contributed by atoms with Gasteiger partial charge in [0.15, 0.2) is 0 Å². The molecular weight excluding hydrogens is 663 g/mol. The summed E-state index contributed by atoms with van der Waals surface area (Å²) in [5.74, 6) is -4.97. The maximum absolute atomic E-state index is 11.7. The van der Waals surface area contributed by atoms with E-state index in [1.165, 1.54) is 0 Å². The molecule has 1 radical (unpaired) electrons. The number of carbonyl (C=O) groups excluding carboxylic acids is 2. The standard InChI is InChI=1S/2C16H28O7.Mn/c2*1-14(2)8-4-5-15(14,3)10(6-8)16(23,13(21)22)12(20)11(19)9(18)7-17;/h2*8-12,17-20,23H,4-7H2,1-3H3,(H,21,22);/q;;+2/p-2/t2*8?,9-,10?,11-,12+,15?,16-;/m11./s1. The van der Waals surface area contributed by atoms with Crippen LogP contribution >= 0.6 is 0 Å². The van der Waals surface area contributed by atoms with Crippen molar-refractivity contribution in [2.24, 2.45) is 45.3 Å². The summed E-state index contributed by atoms with van der Waals surface area (Å²) < 4.78 is 0. The van der Waals surface area contributed by atoms with Crippen molar-refractivity contribution in [1.82, 2.24) is 0 Å². The summed E-state index contributed by atoms with van der Waals surface area (Å²) in [5.41, 5.74) is -6.93. The fourth-order valence-electron chi connectivity index (χ4n) is 9.83. The molecule has 10 N–H and O–H groups in total. The molecule has 4 rings (SSSR count). The Morgan fingerprint density at radius 2 is 0.936 bits per heavy atom. The molecule has 4 bridgehead atoms. The number of hydrogen-bond acceptors (Lipinski definition) is 14. The Balaban J connectivity index is 0.000000320. The van der Waals surface area contributed by atoms with Crippen molar-refractivity contribution in [3.63, 3.8) is 0 Å². The van der Waals surface area contributed by atoms with E-state index in [9.17, 15) is 60.7 Å². The zero-order chi connectivity index (χ0) is 35.6. The van der Waals surface area contributed by atoms with Gasteiger partial charge in [-0.3, -0.25) is 0 Å². The molecule has 273 valence electrons. The monoisotopic (exact) mass is 717 g/mol. The second-order valence-electron chi connectivity index (χ2n) is 15.9. The number of hydrogen-bond donors (Lipinski definition) is 10. The molecule has 0 heterocycles.